The van der Waals surface area contributed by atoms with Crippen LogP contribution in [0.4, 0.5) is 0 Å². The van der Waals surface area contributed by atoms with Crippen molar-refractivity contribution in [3.8, 4) is 0 Å². The van der Waals surface area contributed by atoms with Crippen LogP contribution in [0.15, 0.2) is 11.0 Å². The number of hydrogen-bond acceptors (Lipinski definition) is 2. The van der Waals surface area contributed by atoms with Crippen LogP contribution in [-0.2, 0) is 4.79 Å². The molecule has 0 aromatic carbocycles. The van der Waals surface area contributed by atoms with Crippen molar-refractivity contribution in [2.24, 2.45) is 0 Å². The zero-order chi connectivity index (χ0) is 9.52. The summed E-state index contributed by atoms with van der Waals surface area (Å²) in [6, 6.07) is 0. The summed E-state index contributed by atoms with van der Waals surface area (Å²) in [5.74, 6) is 0. The normalized spacial score (nSPS) is 21.6. The number of hydrogen-bond donors (Lipinski definition) is 0. The average molecular weight is 198 g/mol. The standard InChI is InChI=1S/C11H18OS/c1-2-3-4-5-6-10-7-8-11(9-12)13-10/h7,9,11H,2-6,8H2,1H3. The van der Waals surface area contributed by atoms with E-state index in [0.29, 0.717) is 0 Å². The summed E-state index contributed by atoms with van der Waals surface area (Å²) in [7, 11) is 0. The lowest BCUT2D eigenvalue weighted by atomic mass is 10.1. The van der Waals surface area contributed by atoms with E-state index in [1.54, 1.807) is 11.8 Å². The van der Waals surface area contributed by atoms with Gasteiger partial charge in [-0.2, -0.15) is 0 Å². The van der Waals surface area contributed by atoms with E-state index in [2.05, 4.69) is 13.0 Å². The van der Waals surface area contributed by atoms with Gasteiger partial charge in [-0.15, -0.1) is 11.8 Å². The fraction of sp³-hybridized carbons (Fsp3) is 0.727. The van der Waals surface area contributed by atoms with Crippen molar-refractivity contribution in [2.75, 3.05) is 0 Å². The van der Waals surface area contributed by atoms with E-state index >= 15 is 0 Å². The molecule has 0 amide bonds. The fourth-order valence-corrected chi connectivity index (χ4v) is 2.60. The molecule has 1 rings (SSSR count). The van der Waals surface area contributed by atoms with Crippen LogP contribution in [0.2, 0.25) is 0 Å². The maximum Gasteiger partial charge on any atom is 0.133 e. The molecule has 0 aromatic heterocycles. The topological polar surface area (TPSA) is 17.1 Å². The molecule has 0 saturated heterocycles. The first kappa shape index (κ1) is 10.8. The lowest BCUT2D eigenvalue weighted by Gasteiger charge is -2.02. The van der Waals surface area contributed by atoms with Crippen molar-refractivity contribution in [2.45, 2.75) is 50.7 Å². The highest BCUT2D eigenvalue weighted by atomic mass is 32.2. The van der Waals surface area contributed by atoms with Crippen LogP contribution in [0.5, 0.6) is 0 Å². The molecule has 1 unspecified atom stereocenters. The maximum atomic E-state index is 10.5. The van der Waals surface area contributed by atoms with E-state index in [1.165, 1.54) is 37.0 Å². The summed E-state index contributed by atoms with van der Waals surface area (Å²) in [6.45, 7) is 2.23. The number of thioether (sulfide) groups is 1. The number of rotatable bonds is 6. The van der Waals surface area contributed by atoms with E-state index in [9.17, 15) is 4.79 Å². The number of aldehydes is 1. The second-order valence-electron chi connectivity index (χ2n) is 3.51. The first-order valence-corrected chi connectivity index (χ1v) is 6.05. The van der Waals surface area contributed by atoms with Gasteiger partial charge in [-0.1, -0.05) is 32.3 Å². The molecule has 0 aliphatic carbocycles. The summed E-state index contributed by atoms with van der Waals surface area (Å²) in [6.07, 6.45) is 10.7. The van der Waals surface area contributed by atoms with Gasteiger partial charge in [0, 0.05) is 0 Å². The van der Waals surface area contributed by atoms with Crippen LogP contribution in [0.25, 0.3) is 0 Å². The Morgan fingerprint density at radius 1 is 1.54 bits per heavy atom. The number of carbonyl (C=O) groups excluding carboxylic acids is 1. The second-order valence-corrected chi connectivity index (χ2v) is 4.87. The molecule has 2 heteroatoms. The lowest BCUT2D eigenvalue weighted by molar-refractivity contribution is -0.107. The highest BCUT2D eigenvalue weighted by Gasteiger charge is 2.15. The fourth-order valence-electron chi connectivity index (χ4n) is 1.51. The lowest BCUT2D eigenvalue weighted by Crippen LogP contribution is -1.96. The molecular weight excluding hydrogens is 180 g/mol. The van der Waals surface area contributed by atoms with Crippen LogP contribution in [-0.4, -0.2) is 11.5 Å². The first-order chi connectivity index (χ1) is 6.36. The molecule has 1 atom stereocenters. The van der Waals surface area contributed by atoms with Crippen LogP contribution in [0, 0.1) is 0 Å². The Morgan fingerprint density at radius 2 is 2.38 bits per heavy atom. The smallest absolute Gasteiger partial charge is 0.133 e. The third-order valence-corrected chi connectivity index (χ3v) is 3.59. The van der Waals surface area contributed by atoms with Crippen molar-refractivity contribution < 1.29 is 4.79 Å². The molecule has 0 spiro atoms. The maximum absolute atomic E-state index is 10.5. The monoisotopic (exact) mass is 198 g/mol. The first-order valence-electron chi connectivity index (χ1n) is 5.17. The largest absolute Gasteiger partial charge is 0.302 e. The van der Waals surface area contributed by atoms with Gasteiger partial charge >= 0.3 is 0 Å². The van der Waals surface area contributed by atoms with Gasteiger partial charge in [-0.05, 0) is 24.2 Å². The molecule has 1 heterocycles. The van der Waals surface area contributed by atoms with Crippen molar-refractivity contribution in [1.29, 1.82) is 0 Å². The van der Waals surface area contributed by atoms with Gasteiger partial charge in [-0.3, -0.25) is 0 Å². The number of allylic oxidation sites excluding steroid dienone is 2. The Labute approximate surface area is 85.0 Å². The minimum absolute atomic E-state index is 0.223. The van der Waals surface area contributed by atoms with Crippen LogP contribution in [0.3, 0.4) is 0 Å². The zero-order valence-electron chi connectivity index (χ0n) is 8.29. The van der Waals surface area contributed by atoms with Crippen molar-refractivity contribution in [3.63, 3.8) is 0 Å². The molecule has 0 fully saturated rings. The Kier molecular flexibility index (Phi) is 5.21. The predicted octanol–water partition coefficient (Wildman–Crippen LogP) is 3.55. The predicted molar refractivity (Wildman–Crippen MR) is 58.9 cm³/mol. The summed E-state index contributed by atoms with van der Waals surface area (Å²) in [5.41, 5.74) is 0. The van der Waals surface area contributed by atoms with Gasteiger partial charge in [0.15, 0.2) is 0 Å². The van der Waals surface area contributed by atoms with Crippen molar-refractivity contribution in [1.82, 2.24) is 0 Å². The van der Waals surface area contributed by atoms with E-state index in [4.69, 9.17) is 0 Å². The number of carbonyl (C=O) groups is 1. The van der Waals surface area contributed by atoms with Gasteiger partial charge in [0.2, 0.25) is 0 Å². The summed E-state index contributed by atoms with van der Waals surface area (Å²) >= 11 is 1.76. The van der Waals surface area contributed by atoms with Crippen molar-refractivity contribution in [3.05, 3.63) is 11.0 Å². The molecule has 0 N–H and O–H groups in total. The van der Waals surface area contributed by atoms with Gasteiger partial charge in [-0.25, -0.2) is 0 Å². The Balaban J connectivity index is 2.06. The second kappa shape index (κ2) is 6.25. The van der Waals surface area contributed by atoms with Gasteiger partial charge in [0.05, 0.1) is 5.25 Å². The van der Waals surface area contributed by atoms with E-state index in [-0.39, 0.29) is 5.25 Å². The summed E-state index contributed by atoms with van der Waals surface area (Å²) in [5, 5.41) is 0.223. The molecular formula is C11H18OS. The molecule has 0 saturated carbocycles. The molecule has 13 heavy (non-hydrogen) atoms. The minimum Gasteiger partial charge on any atom is -0.302 e. The van der Waals surface area contributed by atoms with Gasteiger partial charge in [0.25, 0.3) is 0 Å². The van der Waals surface area contributed by atoms with Crippen LogP contribution < -0.4 is 0 Å². The Bertz CT molecular complexity index is 187. The molecule has 0 radical (unpaired) electrons. The quantitative estimate of drug-likeness (QED) is 0.479. The highest BCUT2D eigenvalue weighted by molar-refractivity contribution is 8.04. The Hall–Kier alpha value is -0.240. The van der Waals surface area contributed by atoms with E-state index < -0.39 is 0 Å². The van der Waals surface area contributed by atoms with Gasteiger partial charge < -0.3 is 4.79 Å². The van der Waals surface area contributed by atoms with E-state index in [1.807, 2.05) is 0 Å². The Morgan fingerprint density at radius 3 is 3.00 bits per heavy atom. The third kappa shape index (κ3) is 3.99. The summed E-state index contributed by atoms with van der Waals surface area (Å²) in [4.78, 5) is 11.9. The minimum atomic E-state index is 0.223. The summed E-state index contributed by atoms with van der Waals surface area (Å²) < 4.78 is 0. The SMILES string of the molecule is CCCCCCC1=CCC(C=O)S1. The average Bonchev–Trinajstić information content (AvgIpc) is 2.60. The van der Waals surface area contributed by atoms with E-state index in [0.717, 1.165) is 12.7 Å². The molecule has 0 bridgehead atoms. The number of unbranched alkanes of at least 4 members (excludes halogenated alkanes) is 3. The van der Waals surface area contributed by atoms with Crippen LogP contribution in [0.1, 0.15) is 45.4 Å². The van der Waals surface area contributed by atoms with Gasteiger partial charge in [0.1, 0.15) is 6.29 Å². The molecule has 1 aliphatic heterocycles. The zero-order valence-corrected chi connectivity index (χ0v) is 9.11. The van der Waals surface area contributed by atoms with Crippen molar-refractivity contribution >= 4 is 18.0 Å². The third-order valence-electron chi connectivity index (χ3n) is 2.31. The molecule has 1 aliphatic rings. The highest BCUT2D eigenvalue weighted by Crippen LogP contribution is 2.34. The molecule has 74 valence electrons. The molecule has 1 nitrogen and oxygen atoms in total. The van der Waals surface area contributed by atoms with Crippen LogP contribution >= 0.6 is 11.8 Å². The molecule has 0 aromatic rings.